The summed E-state index contributed by atoms with van der Waals surface area (Å²) >= 11 is 4.85. The van der Waals surface area contributed by atoms with Gasteiger partial charge in [-0.15, -0.1) is 0 Å². The first kappa shape index (κ1) is 15.8. The highest BCUT2D eigenvalue weighted by atomic mass is 32.1. The van der Waals surface area contributed by atoms with Gasteiger partial charge in [-0.3, -0.25) is 4.79 Å². The van der Waals surface area contributed by atoms with Gasteiger partial charge in [0.1, 0.15) is 5.75 Å². The van der Waals surface area contributed by atoms with E-state index in [1.807, 2.05) is 30.3 Å². The van der Waals surface area contributed by atoms with Crippen LogP contribution in [0, 0.1) is 0 Å². The Labute approximate surface area is 121 Å². The summed E-state index contributed by atoms with van der Waals surface area (Å²) in [4.78, 5) is 10.9. The maximum Gasteiger partial charge on any atom is 0.156 e. The van der Waals surface area contributed by atoms with Crippen molar-refractivity contribution < 1.29 is 9.53 Å². The summed E-state index contributed by atoms with van der Waals surface area (Å²) < 4.78 is 5.62. The zero-order valence-electron chi connectivity index (χ0n) is 11.3. The van der Waals surface area contributed by atoms with Crippen LogP contribution in [0.3, 0.4) is 0 Å². The third-order valence-corrected chi connectivity index (χ3v) is 3.26. The fraction of sp³-hybridized carbons (Fsp3) is 0.500. The van der Waals surface area contributed by atoms with E-state index in [-0.39, 0.29) is 0 Å². The van der Waals surface area contributed by atoms with Crippen molar-refractivity contribution in [3.63, 3.8) is 0 Å². The first-order valence-corrected chi connectivity index (χ1v) is 7.39. The molecule has 0 saturated carbocycles. The molecule has 3 heteroatoms. The van der Waals surface area contributed by atoms with E-state index in [0.29, 0.717) is 4.86 Å². The SMILES string of the molecule is O=CC(=S)CCCCCCCCOc1ccccc1. The first-order chi connectivity index (χ1) is 9.33. The molecule has 2 nitrogen and oxygen atoms in total. The van der Waals surface area contributed by atoms with Crippen LogP contribution in [0.5, 0.6) is 5.75 Å². The Morgan fingerprint density at radius 2 is 1.63 bits per heavy atom. The van der Waals surface area contributed by atoms with E-state index in [2.05, 4.69) is 0 Å². The van der Waals surface area contributed by atoms with Crippen LogP contribution in [0.25, 0.3) is 0 Å². The van der Waals surface area contributed by atoms with Crippen LogP contribution in [0.1, 0.15) is 44.9 Å². The Morgan fingerprint density at radius 1 is 1.00 bits per heavy atom. The normalized spacial score (nSPS) is 10.1. The molecule has 0 bridgehead atoms. The molecule has 1 rings (SSSR count). The highest BCUT2D eigenvalue weighted by molar-refractivity contribution is 7.81. The predicted octanol–water partition coefficient (Wildman–Crippen LogP) is 4.36. The lowest BCUT2D eigenvalue weighted by Gasteiger charge is -2.05. The molecular weight excluding hydrogens is 256 g/mol. The van der Waals surface area contributed by atoms with Crippen LogP contribution in [0.4, 0.5) is 0 Å². The van der Waals surface area contributed by atoms with E-state index in [0.717, 1.165) is 44.3 Å². The van der Waals surface area contributed by atoms with E-state index in [9.17, 15) is 4.79 Å². The zero-order chi connectivity index (χ0) is 13.8. The molecule has 1 aromatic carbocycles. The van der Waals surface area contributed by atoms with Crippen LogP contribution in [0.2, 0.25) is 0 Å². The number of ether oxygens (including phenoxy) is 1. The van der Waals surface area contributed by atoms with Crippen molar-refractivity contribution in [2.45, 2.75) is 44.9 Å². The molecule has 0 aromatic heterocycles. The molecule has 0 radical (unpaired) electrons. The number of benzene rings is 1. The van der Waals surface area contributed by atoms with E-state index in [1.165, 1.54) is 19.3 Å². The second-order valence-electron chi connectivity index (χ2n) is 4.62. The second kappa shape index (κ2) is 10.7. The lowest BCUT2D eigenvalue weighted by molar-refractivity contribution is -0.102. The van der Waals surface area contributed by atoms with Crippen molar-refractivity contribution in [1.29, 1.82) is 0 Å². The molecule has 0 fully saturated rings. The molecule has 0 unspecified atom stereocenters. The Bertz CT molecular complexity index is 362. The van der Waals surface area contributed by atoms with Gasteiger partial charge >= 0.3 is 0 Å². The third kappa shape index (κ3) is 8.49. The molecule has 19 heavy (non-hydrogen) atoms. The van der Waals surface area contributed by atoms with Gasteiger partial charge in [-0.1, -0.05) is 56.1 Å². The van der Waals surface area contributed by atoms with Crippen LogP contribution in [-0.4, -0.2) is 17.8 Å². The lowest BCUT2D eigenvalue weighted by atomic mass is 10.1. The average molecular weight is 278 g/mol. The number of hydrogen-bond donors (Lipinski definition) is 0. The Hall–Kier alpha value is -1.22. The maximum atomic E-state index is 10.3. The Morgan fingerprint density at radius 3 is 2.32 bits per heavy atom. The number of carbonyl (C=O) groups is 1. The molecule has 0 N–H and O–H groups in total. The van der Waals surface area contributed by atoms with E-state index in [4.69, 9.17) is 17.0 Å². The minimum absolute atomic E-state index is 0.552. The number of thiocarbonyl (C=S) groups is 1. The summed E-state index contributed by atoms with van der Waals surface area (Å²) in [5, 5.41) is 0. The molecule has 0 heterocycles. The number of unbranched alkanes of at least 4 members (excludes halogenated alkanes) is 5. The van der Waals surface area contributed by atoms with Gasteiger partial charge in [0, 0.05) is 0 Å². The van der Waals surface area contributed by atoms with Gasteiger partial charge in [0.15, 0.2) is 6.29 Å². The van der Waals surface area contributed by atoms with Crippen LogP contribution in [0.15, 0.2) is 30.3 Å². The van der Waals surface area contributed by atoms with Crippen molar-refractivity contribution in [3.05, 3.63) is 30.3 Å². The molecule has 104 valence electrons. The summed E-state index contributed by atoms with van der Waals surface area (Å²) in [5.74, 6) is 0.949. The summed E-state index contributed by atoms with van der Waals surface area (Å²) in [6.07, 6.45) is 8.50. The monoisotopic (exact) mass is 278 g/mol. The fourth-order valence-corrected chi connectivity index (χ4v) is 2.02. The van der Waals surface area contributed by atoms with Crippen LogP contribution < -0.4 is 4.74 Å². The van der Waals surface area contributed by atoms with Gasteiger partial charge < -0.3 is 4.74 Å². The summed E-state index contributed by atoms with van der Waals surface area (Å²) in [6.45, 7) is 0.791. The van der Waals surface area contributed by atoms with Gasteiger partial charge in [-0.05, 0) is 31.4 Å². The van der Waals surface area contributed by atoms with Gasteiger partial charge in [0.25, 0.3) is 0 Å². The predicted molar refractivity (Wildman–Crippen MR) is 82.9 cm³/mol. The molecule has 0 aliphatic carbocycles. The number of para-hydroxylation sites is 1. The van der Waals surface area contributed by atoms with E-state index in [1.54, 1.807) is 0 Å². The first-order valence-electron chi connectivity index (χ1n) is 6.99. The van der Waals surface area contributed by atoms with Gasteiger partial charge in [0.2, 0.25) is 0 Å². The van der Waals surface area contributed by atoms with Gasteiger partial charge in [0.05, 0.1) is 11.5 Å². The summed E-state index contributed by atoms with van der Waals surface area (Å²) in [5.41, 5.74) is 0. The molecule has 0 saturated heterocycles. The van der Waals surface area contributed by atoms with Gasteiger partial charge in [-0.25, -0.2) is 0 Å². The minimum Gasteiger partial charge on any atom is -0.494 e. The van der Waals surface area contributed by atoms with E-state index < -0.39 is 0 Å². The molecule has 0 spiro atoms. The highest BCUT2D eigenvalue weighted by Gasteiger charge is 1.96. The topological polar surface area (TPSA) is 26.3 Å². The number of carbonyl (C=O) groups excluding carboxylic acids is 1. The molecule has 0 aliphatic rings. The van der Waals surface area contributed by atoms with Crippen LogP contribution in [-0.2, 0) is 4.79 Å². The maximum absolute atomic E-state index is 10.3. The minimum atomic E-state index is 0.552. The summed E-state index contributed by atoms with van der Waals surface area (Å²) in [7, 11) is 0. The van der Waals surface area contributed by atoms with Crippen molar-refractivity contribution >= 4 is 23.4 Å². The molecule has 0 amide bonds. The third-order valence-electron chi connectivity index (χ3n) is 2.96. The largest absolute Gasteiger partial charge is 0.494 e. The summed E-state index contributed by atoms with van der Waals surface area (Å²) in [6, 6.07) is 9.92. The number of hydrogen-bond acceptors (Lipinski definition) is 3. The molecular formula is C16H22O2S. The molecule has 1 aromatic rings. The van der Waals surface area contributed by atoms with Crippen molar-refractivity contribution in [2.75, 3.05) is 6.61 Å². The zero-order valence-corrected chi connectivity index (χ0v) is 12.2. The molecule has 0 atom stereocenters. The highest BCUT2D eigenvalue weighted by Crippen LogP contribution is 2.11. The number of rotatable bonds is 11. The van der Waals surface area contributed by atoms with Gasteiger partial charge in [-0.2, -0.15) is 0 Å². The Kier molecular flexibility index (Phi) is 8.90. The van der Waals surface area contributed by atoms with Crippen molar-refractivity contribution in [1.82, 2.24) is 0 Å². The lowest BCUT2D eigenvalue weighted by Crippen LogP contribution is -1.97. The standard InChI is InChI=1S/C16H22O2S/c17-14-16(19)12-8-3-1-2-4-9-13-18-15-10-6-5-7-11-15/h5-7,10-11,14H,1-4,8-9,12-13H2. The smallest absolute Gasteiger partial charge is 0.156 e. The van der Waals surface area contributed by atoms with E-state index >= 15 is 0 Å². The Balaban J connectivity index is 1.86. The quantitative estimate of drug-likeness (QED) is 0.342. The number of aldehydes is 1. The van der Waals surface area contributed by atoms with Crippen molar-refractivity contribution in [2.24, 2.45) is 0 Å². The van der Waals surface area contributed by atoms with Crippen molar-refractivity contribution in [3.8, 4) is 5.75 Å². The van der Waals surface area contributed by atoms with Crippen LogP contribution >= 0.6 is 12.2 Å². The second-order valence-corrected chi connectivity index (χ2v) is 5.14. The fourth-order valence-electron chi connectivity index (χ4n) is 1.87. The average Bonchev–Trinajstić information content (AvgIpc) is 2.46. The molecule has 0 aliphatic heterocycles.